The maximum atomic E-state index is 12.8. The number of anilines is 1. The predicted octanol–water partition coefficient (Wildman–Crippen LogP) is 1.67. The predicted molar refractivity (Wildman–Crippen MR) is 112 cm³/mol. The molecule has 1 aliphatic carbocycles. The summed E-state index contributed by atoms with van der Waals surface area (Å²) in [5.41, 5.74) is 0.960. The van der Waals surface area contributed by atoms with Crippen molar-refractivity contribution >= 4 is 23.4 Å². The molecule has 2 heterocycles. The molecule has 1 aliphatic heterocycles. The molecule has 4 rings (SSSR count). The van der Waals surface area contributed by atoms with E-state index >= 15 is 0 Å². The SMILES string of the molecule is CN(CC(=O)N1CC(C(=O)Nc2ccccc2)CC1C#N)C(=O)c1ccn(C2CC2)n1. The van der Waals surface area contributed by atoms with E-state index in [0.29, 0.717) is 17.4 Å². The van der Waals surface area contributed by atoms with Gasteiger partial charge in [0.15, 0.2) is 0 Å². The summed E-state index contributed by atoms with van der Waals surface area (Å²) in [6, 6.07) is 12.5. The van der Waals surface area contributed by atoms with Crippen LogP contribution in [0.5, 0.6) is 0 Å². The van der Waals surface area contributed by atoms with Gasteiger partial charge in [-0.1, -0.05) is 18.2 Å². The Kier molecular flexibility index (Phi) is 5.71. The van der Waals surface area contributed by atoms with Crippen molar-refractivity contribution in [3.63, 3.8) is 0 Å². The van der Waals surface area contributed by atoms with E-state index in [1.165, 1.54) is 16.8 Å². The van der Waals surface area contributed by atoms with E-state index in [2.05, 4.69) is 16.5 Å². The second-order valence-corrected chi connectivity index (χ2v) is 8.05. The highest BCUT2D eigenvalue weighted by Gasteiger charge is 2.39. The van der Waals surface area contributed by atoms with Crippen LogP contribution in [-0.2, 0) is 9.59 Å². The van der Waals surface area contributed by atoms with Crippen molar-refractivity contribution in [2.24, 2.45) is 5.92 Å². The van der Waals surface area contributed by atoms with Crippen LogP contribution in [0.15, 0.2) is 42.6 Å². The first kappa shape index (κ1) is 20.6. The molecule has 9 heteroatoms. The molecule has 1 aromatic heterocycles. The van der Waals surface area contributed by atoms with Gasteiger partial charge in [0.1, 0.15) is 11.7 Å². The van der Waals surface area contributed by atoms with Gasteiger partial charge in [0.25, 0.3) is 5.91 Å². The van der Waals surface area contributed by atoms with Crippen LogP contribution in [0.1, 0.15) is 35.8 Å². The molecule has 1 saturated carbocycles. The monoisotopic (exact) mass is 420 g/mol. The third-order valence-corrected chi connectivity index (χ3v) is 5.65. The summed E-state index contributed by atoms with van der Waals surface area (Å²) in [4.78, 5) is 40.7. The van der Waals surface area contributed by atoms with Gasteiger partial charge in [0.05, 0.1) is 24.6 Å². The number of likely N-dealkylation sites (N-methyl/N-ethyl adjacent to an activating group) is 1. The number of likely N-dealkylation sites (tertiary alicyclic amines) is 1. The van der Waals surface area contributed by atoms with E-state index in [9.17, 15) is 19.6 Å². The first-order valence-electron chi connectivity index (χ1n) is 10.3. The lowest BCUT2D eigenvalue weighted by molar-refractivity contribution is -0.131. The quantitative estimate of drug-likeness (QED) is 0.764. The number of hydrogen-bond donors (Lipinski definition) is 1. The zero-order valence-corrected chi connectivity index (χ0v) is 17.3. The lowest BCUT2D eigenvalue weighted by Crippen LogP contribution is -2.43. The van der Waals surface area contributed by atoms with Crippen LogP contribution in [0.2, 0.25) is 0 Å². The third-order valence-electron chi connectivity index (χ3n) is 5.65. The Labute approximate surface area is 180 Å². The Morgan fingerprint density at radius 2 is 1.97 bits per heavy atom. The van der Waals surface area contributed by atoms with Crippen molar-refractivity contribution in [2.75, 3.05) is 25.5 Å². The molecule has 2 aromatic rings. The molecule has 160 valence electrons. The molecule has 3 amide bonds. The molecule has 2 fully saturated rings. The number of rotatable bonds is 6. The Morgan fingerprint density at radius 1 is 1.23 bits per heavy atom. The Bertz CT molecular complexity index is 1020. The summed E-state index contributed by atoms with van der Waals surface area (Å²) in [7, 11) is 1.54. The second kappa shape index (κ2) is 8.60. The summed E-state index contributed by atoms with van der Waals surface area (Å²) < 4.78 is 1.78. The van der Waals surface area contributed by atoms with Gasteiger partial charge in [0, 0.05) is 25.5 Å². The molecule has 2 atom stereocenters. The van der Waals surface area contributed by atoms with Crippen molar-refractivity contribution in [1.82, 2.24) is 19.6 Å². The van der Waals surface area contributed by atoms with E-state index in [-0.39, 0.29) is 37.2 Å². The molecule has 1 aromatic carbocycles. The minimum atomic E-state index is -0.698. The Morgan fingerprint density at radius 3 is 2.65 bits per heavy atom. The fraction of sp³-hybridized carbons (Fsp3) is 0.409. The highest BCUT2D eigenvalue weighted by Crippen LogP contribution is 2.34. The highest BCUT2D eigenvalue weighted by molar-refractivity contribution is 5.96. The van der Waals surface area contributed by atoms with Gasteiger partial charge in [-0.2, -0.15) is 10.4 Å². The van der Waals surface area contributed by atoms with Crippen LogP contribution in [-0.4, -0.2) is 63.5 Å². The van der Waals surface area contributed by atoms with Gasteiger partial charge in [-0.25, -0.2) is 0 Å². The summed E-state index contributed by atoms with van der Waals surface area (Å²) in [6.45, 7) is -0.0333. The van der Waals surface area contributed by atoms with E-state index in [1.54, 1.807) is 29.1 Å². The maximum absolute atomic E-state index is 12.8. The first-order chi connectivity index (χ1) is 15.0. The van der Waals surface area contributed by atoms with Crippen LogP contribution < -0.4 is 5.32 Å². The van der Waals surface area contributed by atoms with Crippen molar-refractivity contribution in [3.8, 4) is 6.07 Å². The molecule has 1 N–H and O–H groups in total. The Balaban J connectivity index is 1.35. The smallest absolute Gasteiger partial charge is 0.274 e. The van der Waals surface area contributed by atoms with Gasteiger partial charge < -0.3 is 15.1 Å². The fourth-order valence-corrected chi connectivity index (χ4v) is 3.75. The van der Waals surface area contributed by atoms with Crippen molar-refractivity contribution in [2.45, 2.75) is 31.3 Å². The van der Waals surface area contributed by atoms with E-state index in [4.69, 9.17) is 0 Å². The van der Waals surface area contributed by atoms with Crippen molar-refractivity contribution in [3.05, 3.63) is 48.3 Å². The van der Waals surface area contributed by atoms with E-state index in [1.807, 2.05) is 18.2 Å². The number of hydrogen-bond acceptors (Lipinski definition) is 5. The molecule has 0 spiro atoms. The van der Waals surface area contributed by atoms with Crippen LogP contribution in [0.3, 0.4) is 0 Å². The number of aromatic nitrogens is 2. The molecule has 2 unspecified atom stereocenters. The third kappa shape index (κ3) is 4.58. The Hall–Kier alpha value is -3.67. The van der Waals surface area contributed by atoms with Crippen LogP contribution in [0.25, 0.3) is 0 Å². The zero-order valence-electron chi connectivity index (χ0n) is 17.3. The van der Waals surface area contributed by atoms with Crippen LogP contribution in [0.4, 0.5) is 5.69 Å². The standard InChI is InChI=1S/C22H24N6O3/c1-26(22(31)19-9-10-28(25-19)17-7-8-17)14-20(29)27-13-15(11-18(27)12-23)21(30)24-16-5-3-2-4-6-16/h2-6,9-10,15,17-18H,7-8,11,13-14H2,1H3,(H,24,30). The second-order valence-electron chi connectivity index (χ2n) is 8.05. The zero-order chi connectivity index (χ0) is 22.0. The largest absolute Gasteiger partial charge is 0.331 e. The van der Waals surface area contributed by atoms with E-state index in [0.717, 1.165) is 12.8 Å². The number of benzene rings is 1. The van der Waals surface area contributed by atoms with Gasteiger partial charge >= 0.3 is 0 Å². The van der Waals surface area contributed by atoms with Gasteiger partial charge in [-0.15, -0.1) is 0 Å². The van der Waals surface area contributed by atoms with Gasteiger partial charge in [0.2, 0.25) is 11.8 Å². The average molecular weight is 420 g/mol. The summed E-state index contributed by atoms with van der Waals surface area (Å²) >= 11 is 0. The molecule has 31 heavy (non-hydrogen) atoms. The normalized spacial score (nSPS) is 20.2. The molecule has 9 nitrogen and oxygen atoms in total. The lowest BCUT2D eigenvalue weighted by Gasteiger charge is -2.23. The molecular formula is C22H24N6O3. The van der Waals surface area contributed by atoms with Gasteiger partial charge in [-0.3, -0.25) is 19.1 Å². The minimum absolute atomic E-state index is 0.147. The molecule has 1 saturated heterocycles. The number of nitrogens with one attached hydrogen (secondary N) is 1. The highest BCUT2D eigenvalue weighted by atomic mass is 16.2. The fourth-order valence-electron chi connectivity index (χ4n) is 3.75. The molecule has 2 aliphatic rings. The molecular weight excluding hydrogens is 396 g/mol. The summed E-state index contributed by atoms with van der Waals surface area (Å²) in [6.07, 6.45) is 4.17. The molecule has 0 radical (unpaired) electrons. The topological polar surface area (TPSA) is 111 Å². The summed E-state index contributed by atoms with van der Waals surface area (Å²) in [5, 5.41) is 16.6. The van der Waals surface area contributed by atoms with Crippen LogP contribution >= 0.6 is 0 Å². The number of nitriles is 1. The van der Waals surface area contributed by atoms with Gasteiger partial charge in [-0.05, 0) is 37.5 Å². The average Bonchev–Trinajstić information content (AvgIpc) is 3.34. The van der Waals surface area contributed by atoms with Crippen molar-refractivity contribution in [1.29, 1.82) is 5.26 Å². The van der Waals surface area contributed by atoms with Crippen molar-refractivity contribution < 1.29 is 14.4 Å². The number of para-hydroxylation sites is 1. The number of nitrogens with zero attached hydrogens (tertiary/aromatic N) is 5. The number of amides is 3. The van der Waals surface area contributed by atoms with Crippen LogP contribution in [0, 0.1) is 17.2 Å². The lowest BCUT2D eigenvalue weighted by atomic mass is 10.1. The molecule has 0 bridgehead atoms. The number of carbonyl (C=O) groups is 3. The first-order valence-corrected chi connectivity index (χ1v) is 10.3. The van der Waals surface area contributed by atoms with E-state index < -0.39 is 12.0 Å². The maximum Gasteiger partial charge on any atom is 0.274 e. The summed E-state index contributed by atoms with van der Waals surface area (Å²) in [5.74, 6) is -1.42. The minimum Gasteiger partial charge on any atom is -0.331 e. The number of carbonyl (C=O) groups excluding carboxylic acids is 3.